The zero-order chi connectivity index (χ0) is 20.6. The number of aryl methyl sites for hydroxylation is 1. The number of aromatic nitrogens is 3. The number of carbonyl (C=O) groups is 1. The number of nitrogens with one attached hydrogen (secondary N) is 1. The summed E-state index contributed by atoms with van der Waals surface area (Å²) in [4.78, 5) is 12.2. The Kier molecular flexibility index (Phi) is 7.55. The average molecular weight is 431 g/mol. The molecule has 3 aromatic rings. The van der Waals surface area contributed by atoms with Gasteiger partial charge >= 0.3 is 0 Å². The highest BCUT2D eigenvalue weighted by Crippen LogP contribution is 2.19. The first-order valence-electron chi connectivity index (χ1n) is 9.30. The third kappa shape index (κ3) is 6.24. The standard InChI is InChI=1S/C21H23ClN4O2S/c1-3-26-19(13-28-18-6-4-5-15(2)11-18)24-25-21(26)29-14-20(27)23-12-16-7-9-17(22)10-8-16/h4-11H,3,12-14H2,1-2H3,(H,23,27). The molecule has 0 aliphatic heterocycles. The van der Waals surface area contributed by atoms with Crippen LogP contribution < -0.4 is 10.1 Å². The number of thioether (sulfide) groups is 1. The molecule has 1 N–H and O–H groups in total. The van der Waals surface area contributed by atoms with Gasteiger partial charge in [0.05, 0.1) is 5.75 Å². The minimum atomic E-state index is -0.0619. The molecule has 0 aliphatic rings. The van der Waals surface area contributed by atoms with E-state index < -0.39 is 0 Å². The van der Waals surface area contributed by atoms with Crippen LogP contribution in [0.1, 0.15) is 23.9 Å². The quantitative estimate of drug-likeness (QED) is 0.514. The maximum atomic E-state index is 12.2. The molecule has 1 amide bonds. The summed E-state index contributed by atoms with van der Waals surface area (Å²) in [6, 6.07) is 15.3. The molecule has 1 aromatic heterocycles. The summed E-state index contributed by atoms with van der Waals surface area (Å²) >= 11 is 7.23. The minimum Gasteiger partial charge on any atom is -0.486 e. The van der Waals surface area contributed by atoms with Gasteiger partial charge in [-0.3, -0.25) is 4.79 Å². The summed E-state index contributed by atoms with van der Waals surface area (Å²) in [5.41, 5.74) is 2.14. The highest BCUT2D eigenvalue weighted by atomic mass is 35.5. The molecule has 0 bridgehead atoms. The molecule has 0 fully saturated rings. The predicted molar refractivity (Wildman–Crippen MR) is 115 cm³/mol. The summed E-state index contributed by atoms with van der Waals surface area (Å²) < 4.78 is 7.79. The largest absolute Gasteiger partial charge is 0.486 e. The second-order valence-electron chi connectivity index (χ2n) is 6.44. The number of hydrogen-bond donors (Lipinski definition) is 1. The van der Waals surface area contributed by atoms with Crippen LogP contribution in [0, 0.1) is 6.92 Å². The van der Waals surface area contributed by atoms with E-state index in [0.717, 1.165) is 22.7 Å². The third-order valence-electron chi connectivity index (χ3n) is 4.20. The first kappa shape index (κ1) is 21.2. The van der Waals surface area contributed by atoms with Gasteiger partial charge in [0.2, 0.25) is 5.91 Å². The van der Waals surface area contributed by atoms with Crippen LogP contribution in [-0.4, -0.2) is 26.4 Å². The van der Waals surface area contributed by atoms with E-state index in [0.29, 0.717) is 29.9 Å². The topological polar surface area (TPSA) is 69.0 Å². The van der Waals surface area contributed by atoms with Gasteiger partial charge in [0, 0.05) is 18.1 Å². The molecule has 29 heavy (non-hydrogen) atoms. The van der Waals surface area contributed by atoms with Crippen LogP contribution in [-0.2, 0) is 24.5 Å². The van der Waals surface area contributed by atoms with Gasteiger partial charge in [-0.2, -0.15) is 0 Å². The summed E-state index contributed by atoms with van der Waals surface area (Å²) in [5, 5.41) is 12.7. The maximum absolute atomic E-state index is 12.2. The number of halogens is 1. The fourth-order valence-corrected chi connectivity index (χ4v) is 3.66. The van der Waals surface area contributed by atoms with Crippen LogP contribution in [0.5, 0.6) is 5.75 Å². The Balaban J connectivity index is 1.51. The summed E-state index contributed by atoms with van der Waals surface area (Å²) in [6.45, 7) is 5.53. The van der Waals surface area contributed by atoms with Gasteiger partial charge < -0.3 is 14.6 Å². The van der Waals surface area contributed by atoms with Crippen LogP contribution >= 0.6 is 23.4 Å². The fraction of sp³-hybridized carbons (Fsp3) is 0.286. The molecule has 0 unspecified atom stereocenters. The minimum absolute atomic E-state index is 0.0619. The Hall–Kier alpha value is -2.51. The van der Waals surface area contributed by atoms with Crippen molar-refractivity contribution >= 4 is 29.3 Å². The van der Waals surface area contributed by atoms with Crippen molar-refractivity contribution in [2.45, 2.75) is 38.7 Å². The normalized spacial score (nSPS) is 10.7. The Labute approximate surface area is 179 Å². The molecule has 3 rings (SSSR count). The van der Waals surface area contributed by atoms with Crippen LogP contribution in [0.2, 0.25) is 5.02 Å². The molecule has 0 radical (unpaired) electrons. The van der Waals surface area contributed by atoms with Crippen LogP contribution in [0.4, 0.5) is 0 Å². The molecule has 0 saturated heterocycles. The lowest BCUT2D eigenvalue weighted by Crippen LogP contribution is -2.24. The summed E-state index contributed by atoms with van der Waals surface area (Å²) in [7, 11) is 0. The van der Waals surface area contributed by atoms with Crippen molar-refractivity contribution in [3.63, 3.8) is 0 Å². The van der Waals surface area contributed by atoms with E-state index in [9.17, 15) is 4.79 Å². The second kappa shape index (κ2) is 10.3. The van der Waals surface area contributed by atoms with E-state index in [1.165, 1.54) is 11.8 Å². The van der Waals surface area contributed by atoms with Crippen molar-refractivity contribution < 1.29 is 9.53 Å². The molecular weight excluding hydrogens is 408 g/mol. The number of nitrogens with zero attached hydrogens (tertiary/aromatic N) is 3. The smallest absolute Gasteiger partial charge is 0.230 e. The number of hydrogen-bond acceptors (Lipinski definition) is 5. The van der Waals surface area contributed by atoms with Crippen molar-refractivity contribution in [2.75, 3.05) is 5.75 Å². The van der Waals surface area contributed by atoms with Gasteiger partial charge in [-0.25, -0.2) is 0 Å². The highest BCUT2D eigenvalue weighted by Gasteiger charge is 2.13. The lowest BCUT2D eigenvalue weighted by Gasteiger charge is -2.09. The predicted octanol–water partition coefficient (Wildman–Crippen LogP) is 4.25. The Morgan fingerprint density at radius 1 is 1.21 bits per heavy atom. The van der Waals surface area contributed by atoms with Gasteiger partial charge in [-0.1, -0.05) is 47.6 Å². The van der Waals surface area contributed by atoms with Crippen LogP contribution in [0.3, 0.4) is 0 Å². The Morgan fingerprint density at radius 3 is 2.72 bits per heavy atom. The van der Waals surface area contributed by atoms with Crippen molar-refractivity contribution in [1.82, 2.24) is 20.1 Å². The van der Waals surface area contributed by atoms with E-state index in [2.05, 4.69) is 15.5 Å². The summed E-state index contributed by atoms with van der Waals surface area (Å²) in [5.74, 6) is 1.74. The molecule has 1 heterocycles. The number of amides is 1. The van der Waals surface area contributed by atoms with E-state index >= 15 is 0 Å². The van der Waals surface area contributed by atoms with Crippen molar-refractivity contribution in [3.05, 3.63) is 70.5 Å². The maximum Gasteiger partial charge on any atom is 0.230 e. The van der Waals surface area contributed by atoms with E-state index in [4.69, 9.17) is 16.3 Å². The Morgan fingerprint density at radius 2 is 2.00 bits per heavy atom. The first-order valence-corrected chi connectivity index (χ1v) is 10.7. The molecule has 0 spiro atoms. The molecule has 0 aliphatic carbocycles. The van der Waals surface area contributed by atoms with Crippen molar-refractivity contribution in [1.29, 1.82) is 0 Å². The lowest BCUT2D eigenvalue weighted by atomic mass is 10.2. The molecule has 6 nitrogen and oxygen atoms in total. The van der Waals surface area contributed by atoms with E-state index in [-0.39, 0.29) is 11.7 Å². The van der Waals surface area contributed by atoms with Crippen LogP contribution in [0.15, 0.2) is 53.7 Å². The zero-order valence-electron chi connectivity index (χ0n) is 16.4. The number of ether oxygens (including phenoxy) is 1. The number of benzene rings is 2. The van der Waals surface area contributed by atoms with Gasteiger partial charge in [0.25, 0.3) is 0 Å². The molecule has 0 atom stereocenters. The van der Waals surface area contributed by atoms with E-state index in [1.54, 1.807) is 0 Å². The molecular formula is C21H23ClN4O2S. The molecule has 152 valence electrons. The number of rotatable bonds is 9. The van der Waals surface area contributed by atoms with Crippen molar-refractivity contribution in [3.8, 4) is 5.75 Å². The highest BCUT2D eigenvalue weighted by molar-refractivity contribution is 7.99. The first-order chi connectivity index (χ1) is 14.0. The van der Waals surface area contributed by atoms with E-state index in [1.807, 2.05) is 66.9 Å². The third-order valence-corrected chi connectivity index (χ3v) is 5.42. The monoisotopic (exact) mass is 430 g/mol. The lowest BCUT2D eigenvalue weighted by molar-refractivity contribution is -0.118. The van der Waals surface area contributed by atoms with Gasteiger partial charge in [0.15, 0.2) is 11.0 Å². The molecule has 8 heteroatoms. The van der Waals surface area contributed by atoms with Gasteiger partial charge in [-0.15, -0.1) is 10.2 Å². The summed E-state index contributed by atoms with van der Waals surface area (Å²) in [6.07, 6.45) is 0. The van der Waals surface area contributed by atoms with Crippen molar-refractivity contribution in [2.24, 2.45) is 0 Å². The Bertz CT molecular complexity index is 960. The second-order valence-corrected chi connectivity index (χ2v) is 7.82. The molecule has 2 aromatic carbocycles. The van der Waals surface area contributed by atoms with Crippen LogP contribution in [0.25, 0.3) is 0 Å². The molecule has 0 saturated carbocycles. The fourth-order valence-electron chi connectivity index (χ4n) is 2.69. The van der Waals surface area contributed by atoms with Gasteiger partial charge in [0.1, 0.15) is 12.4 Å². The number of carbonyl (C=O) groups excluding carboxylic acids is 1. The SMILES string of the molecule is CCn1c(COc2cccc(C)c2)nnc1SCC(=O)NCc1ccc(Cl)cc1. The average Bonchev–Trinajstić information content (AvgIpc) is 3.12. The van der Waals surface area contributed by atoms with Gasteiger partial charge in [-0.05, 0) is 49.2 Å². The zero-order valence-corrected chi connectivity index (χ0v) is 18.0.